The number of nitrogens with one attached hydrogen (secondary N) is 1. The van der Waals surface area contributed by atoms with E-state index in [9.17, 15) is 4.79 Å². The Balaban J connectivity index is 1.70. The van der Waals surface area contributed by atoms with Gasteiger partial charge in [0.05, 0.1) is 7.11 Å². The lowest BCUT2D eigenvalue weighted by Crippen LogP contribution is -2.31. The molecule has 24 heavy (non-hydrogen) atoms. The summed E-state index contributed by atoms with van der Waals surface area (Å²) in [6.07, 6.45) is 2.27. The van der Waals surface area contributed by atoms with Gasteiger partial charge in [0.15, 0.2) is 5.69 Å². The van der Waals surface area contributed by atoms with Crippen molar-refractivity contribution < 1.29 is 9.53 Å². The Morgan fingerprint density at radius 2 is 2.21 bits per heavy atom. The smallest absolute Gasteiger partial charge is 0.356 e. The van der Waals surface area contributed by atoms with Crippen molar-refractivity contribution in [3.05, 3.63) is 52.6 Å². The standard InChI is InChI=1S/C17H15ClN4O2/c1-24-17(23)15-7-16(20-9-19-15)22-5-4-14-12(8-22)11-6-10(18)2-3-13(11)21-14/h2-3,6-7,9,21H,4-5,8H2,1H3. The third-order valence-electron chi connectivity index (χ3n) is 4.31. The molecule has 3 heterocycles. The van der Waals surface area contributed by atoms with Crippen LogP contribution in [0.15, 0.2) is 30.6 Å². The number of aromatic nitrogens is 3. The van der Waals surface area contributed by atoms with Crippen LogP contribution in [0.3, 0.4) is 0 Å². The lowest BCUT2D eigenvalue weighted by molar-refractivity contribution is 0.0594. The highest BCUT2D eigenvalue weighted by Crippen LogP contribution is 2.31. The van der Waals surface area contributed by atoms with E-state index in [1.54, 1.807) is 6.07 Å². The first kappa shape index (κ1) is 15.0. The summed E-state index contributed by atoms with van der Waals surface area (Å²) in [7, 11) is 1.34. The summed E-state index contributed by atoms with van der Waals surface area (Å²) in [5.41, 5.74) is 3.79. The van der Waals surface area contributed by atoms with Gasteiger partial charge in [-0.05, 0) is 18.2 Å². The number of hydrogen-bond donors (Lipinski definition) is 1. The van der Waals surface area contributed by atoms with Crippen LogP contribution in [0, 0.1) is 0 Å². The molecule has 0 saturated heterocycles. The van der Waals surface area contributed by atoms with Crippen molar-refractivity contribution >= 4 is 34.3 Å². The van der Waals surface area contributed by atoms with Crippen molar-refractivity contribution in [2.45, 2.75) is 13.0 Å². The monoisotopic (exact) mass is 342 g/mol. The summed E-state index contributed by atoms with van der Waals surface area (Å²) in [6.45, 7) is 1.51. The SMILES string of the molecule is COC(=O)c1cc(N2CCc3[nH]c4ccc(Cl)cc4c3C2)ncn1. The van der Waals surface area contributed by atoms with E-state index >= 15 is 0 Å². The maximum Gasteiger partial charge on any atom is 0.356 e. The average Bonchev–Trinajstić information content (AvgIpc) is 2.98. The van der Waals surface area contributed by atoms with Gasteiger partial charge in [-0.1, -0.05) is 11.6 Å². The molecule has 0 spiro atoms. The van der Waals surface area contributed by atoms with Gasteiger partial charge < -0.3 is 14.6 Å². The molecule has 4 rings (SSSR count). The molecule has 3 aromatic rings. The number of nitrogens with zero attached hydrogens (tertiary/aromatic N) is 3. The highest BCUT2D eigenvalue weighted by Gasteiger charge is 2.22. The summed E-state index contributed by atoms with van der Waals surface area (Å²) in [4.78, 5) is 25.5. The highest BCUT2D eigenvalue weighted by atomic mass is 35.5. The summed E-state index contributed by atoms with van der Waals surface area (Å²) in [5.74, 6) is 0.252. The number of carbonyl (C=O) groups is 1. The Hall–Kier alpha value is -2.60. The van der Waals surface area contributed by atoms with Crippen molar-refractivity contribution in [2.75, 3.05) is 18.6 Å². The summed E-state index contributed by atoms with van der Waals surface area (Å²) in [6, 6.07) is 7.53. The van der Waals surface area contributed by atoms with E-state index in [1.807, 2.05) is 18.2 Å². The van der Waals surface area contributed by atoms with Gasteiger partial charge >= 0.3 is 5.97 Å². The number of aromatic amines is 1. The second-order valence-electron chi connectivity index (χ2n) is 5.70. The zero-order valence-corrected chi connectivity index (χ0v) is 13.8. The fourth-order valence-electron chi connectivity index (χ4n) is 3.12. The van der Waals surface area contributed by atoms with E-state index in [1.165, 1.54) is 24.7 Å². The Labute approximate surface area is 143 Å². The van der Waals surface area contributed by atoms with Crippen molar-refractivity contribution in [3.63, 3.8) is 0 Å². The molecule has 122 valence electrons. The molecular formula is C17H15ClN4O2. The van der Waals surface area contributed by atoms with Gasteiger partial charge in [0.25, 0.3) is 0 Å². The number of hydrogen-bond acceptors (Lipinski definition) is 5. The molecule has 1 aliphatic heterocycles. The number of benzene rings is 1. The second-order valence-corrected chi connectivity index (χ2v) is 6.13. The molecule has 0 atom stereocenters. The largest absolute Gasteiger partial charge is 0.464 e. The topological polar surface area (TPSA) is 71.1 Å². The number of methoxy groups -OCH3 is 1. The lowest BCUT2D eigenvalue weighted by atomic mass is 10.0. The zero-order chi connectivity index (χ0) is 16.7. The minimum atomic E-state index is -0.463. The van der Waals surface area contributed by atoms with E-state index in [2.05, 4.69) is 19.9 Å². The zero-order valence-electron chi connectivity index (χ0n) is 13.0. The van der Waals surface area contributed by atoms with E-state index in [4.69, 9.17) is 16.3 Å². The number of carbonyl (C=O) groups excluding carboxylic acids is 1. The fourth-order valence-corrected chi connectivity index (χ4v) is 3.29. The first-order valence-corrected chi connectivity index (χ1v) is 7.98. The number of rotatable bonds is 2. The first-order valence-electron chi connectivity index (χ1n) is 7.60. The Bertz CT molecular complexity index is 937. The number of H-pyrrole nitrogens is 1. The molecule has 0 fully saturated rings. The molecule has 1 aliphatic rings. The molecule has 0 bridgehead atoms. The fraction of sp³-hybridized carbons (Fsp3) is 0.235. The van der Waals surface area contributed by atoms with Crippen molar-refractivity contribution in [1.82, 2.24) is 15.0 Å². The number of esters is 1. The van der Waals surface area contributed by atoms with Crippen molar-refractivity contribution in [3.8, 4) is 0 Å². The van der Waals surface area contributed by atoms with Gasteiger partial charge in [-0.15, -0.1) is 0 Å². The average molecular weight is 343 g/mol. The van der Waals surface area contributed by atoms with Crippen LogP contribution in [0.5, 0.6) is 0 Å². The predicted molar refractivity (Wildman–Crippen MR) is 91.4 cm³/mol. The van der Waals surface area contributed by atoms with E-state index in [0.29, 0.717) is 12.4 Å². The minimum Gasteiger partial charge on any atom is -0.464 e. The van der Waals surface area contributed by atoms with Crippen LogP contribution < -0.4 is 4.90 Å². The van der Waals surface area contributed by atoms with Crippen LogP contribution in [0.25, 0.3) is 10.9 Å². The summed E-state index contributed by atoms with van der Waals surface area (Å²) in [5, 5.41) is 1.85. The third-order valence-corrected chi connectivity index (χ3v) is 4.54. The van der Waals surface area contributed by atoms with Crippen LogP contribution >= 0.6 is 11.6 Å². The molecule has 0 radical (unpaired) electrons. The second kappa shape index (κ2) is 5.79. The maximum absolute atomic E-state index is 11.7. The normalized spacial score (nSPS) is 13.8. The van der Waals surface area contributed by atoms with Crippen LogP contribution in [0.2, 0.25) is 5.02 Å². The van der Waals surface area contributed by atoms with Crippen molar-refractivity contribution in [2.24, 2.45) is 0 Å². The molecule has 1 N–H and O–H groups in total. The number of anilines is 1. The molecule has 0 amide bonds. The molecule has 0 aliphatic carbocycles. The van der Waals surface area contributed by atoms with E-state index in [0.717, 1.165) is 28.9 Å². The molecule has 7 heteroatoms. The number of ether oxygens (including phenoxy) is 1. The summed E-state index contributed by atoms with van der Waals surface area (Å²) < 4.78 is 4.73. The van der Waals surface area contributed by atoms with Gasteiger partial charge in [0.2, 0.25) is 0 Å². The Kier molecular flexibility index (Phi) is 3.61. The maximum atomic E-state index is 11.7. The molecule has 1 aromatic carbocycles. The molecular weight excluding hydrogens is 328 g/mol. The van der Waals surface area contributed by atoms with Gasteiger partial charge in [-0.25, -0.2) is 14.8 Å². The first-order chi connectivity index (χ1) is 11.7. The number of fused-ring (bicyclic) bond motifs is 3. The molecule has 0 saturated carbocycles. The van der Waals surface area contributed by atoms with E-state index < -0.39 is 5.97 Å². The predicted octanol–water partition coefficient (Wildman–Crippen LogP) is 2.96. The van der Waals surface area contributed by atoms with Crippen LogP contribution in [-0.2, 0) is 17.7 Å². The third kappa shape index (κ3) is 2.49. The van der Waals surface area contributed by atoms with Gasteiger partial charge in [0, 0.05) is 52.8 Å². The van der Waals surface area contributed by atoms with Crippen molar-refractivity contribution in [1.29, 1.82) is 0 Å². The quantitative estimate of drug-likeness (QED) is 0.725. The molecule has 0 unspecified atom stereocenters. The van der Waals surface area contributed by atoms with E-state index in [-0.39, 0.29) is 5.69 Å². The van der Waals surface area contributed by atoms with Crippen LogP contribution in [0.4, 0.5) is 5.82 Å². The van der Waals surface area contributed by atoms with Crippen LogP contribution in [-0.4, -0.2) is 34.6 Å². The molecule has 6 nitrogen and oxygen atoms in total. The lowest BCUT2D eigenvalue weighted by Gasteiger charge is -2.28. The summed E-state index contributed by atoms with van der Waals surface area (Å²) >= 11 is 6.14. The van der Waals surface area contributed by atoms with Gasteiger partial charge in [-0.2, -0.15) is 0 Å². The molecule has 2 aromatic heterocycles. The Morgan fingerprint density at radius 1 is 1.33 bits per heavy atom. The minimum absolute atomic E-state index is 0.260. The Morgan fingerprint density at radius 3 is 3.04 bits per heavy atom. The van der Waals surface area contributed by atoms with Gasteiger partial charge in [-0.3, -0.25) is 0 Å². The van der Waals surface area contributed by atoms with Crippen LogP contribution in [0.1, 0.15) is 21.7 Å². The number of halogens is 1. The van der Waals surface area contributed by atoms with Gasteiger partial charge in [0.1, 0.15) is 12.1 Å². The highest BCUT2D eigenvalue weighted by molar-refractivity contribution is 6.31.